The van der Waals surface area contributed by atoms with Crippen LogP contribution in [0.1, 0.15) is 5.56 Å². The maximum absolute atomic E-state index is 9.53. The summed E-state index contributed by atoms with van der Waals surface area (Å²) in [7, 11) is 0. The number of para-hydroxylation sites is 1. The predicted molar refractivity (Wildman–Crippen MR) is 61.3 cm³/mol. The van der Waals surface area contributed by atoms with Gasteiger partial charge in [-0.25, -0.2) is 0 Å². The molecule has 0 saturated carbocycles. The van der Waals surface area contributed by atoms with Gasteiger partial charge in [0.25, 0.3) is 0 Å². The highest BCUT2D eigenvalue weighted by molar-refractivity contribution is 5.49. The Balaban J connectivity index is 2.19. The summed E-state index contributed by atoms with van der Waals surface area (Å²) in [6.45, 7) is 0. The minimum absolute atomic E-state index is 0.0490. The molecule has 0 aliphatic heterocycles. The number of rotatable bonds is 2. The first-order valence-electron chi connectivity index (χ1n) is 4.96. The molecule has 3 N–H and O–H groups in total. The van der Waals surface area contributed by atoms with E-state index in [1.165, 1.54) is 12.2 Å². The number of phenolic OH excluding ortho intramolecular Hbond substituents is 1. The van der Waals surface area contributed by atoms with Crippen LogP contribution in [0.4, 0.5) is 0 Å². The Bertz CT molecular complexity index is 476. The van der Waals surface area contributed by atoms with E-state index in [0.717, 1.165) is 5.56 Å². The highest BCUT2D eigenvalue weighted by Gasteiger charge is 2.13. The van der Waals surface area contributed by atoms with Gasteiger partial charge in [0.15, 0.2) is 0 Å². The number of phenols is 1. The highest BCUT2D eigenvalue weighted by Crippen LogP contribution is 2.24. The minimum atomic E-state index is 0.0490. The van der Waals surface area contributed by atoms with Crippen molar-refractivity contribution < 1.29 is 15.3 Å². The van der Waals surface area contributed by atoms with Crippen molar-refractivity contribution in [2.45, 2.75) is 6.42 Å². The first kappa shape index (κ1) is 10.4. The summed E-state index contributed by atoms with van der Waals surface area (Å²) < 4.78 is 0. The van der Waals surface area contributed by atoms with Gasteiger partial charge in [-0.3, -0.25) is 0 Å². The largest absolute Gasteiger partial charge is 0.508 e. The fourth-order valence-electron chi connectivity index (χ4n) is 1.57. The Morgan fingerprint density at radius 1 is 0.938 bits per heavy atom. The van der Waals surface area contributed by atoms with E-state index >= 15 is 0 Å². The van der Waals surface area contributed by atoms with Gasteiger partial charge in [0.1, 0.15) is 17.3 Å². The van der Waals surface area contributed by atoms with Gasteiger partial charge >= 0.3 is 0 Å². The molecule has 0 fully saturated rings. The number of aliphatic hydroxyl groups is 2. The lowest BCUT2D eigenvalue weighted by molar-refractivity contribution is 0.393. The zero-order valence-electron chi connectivity index (χ0n) is 8.59. The van der Waals surface area contributed by atoms with Crippen LogP contribution in [0.15, 0.2) is 59.6 Å². The highest BCUT2D eigenvalue weighted by atomic mass is 16.3. The fraction of sp³-hybridized carbons (Fsp3) is 0.0769. The van der Waals surface area contributed by atoms with Crippen molar-refractivity contribution in [3.63, 3.8) is 0 Å². The monoisotopic (exact) mass is 216 g/mol. The van der Waals surface area contributed by atoms with Gasteiger partial charge in [0, 0.05) is 0 Å². The molecule has 1 aromatic carbocycles. The number of hydrogen-bond acceptors (Lipinski definition) is 3. The maximum Gasteiger partial charge on any atom is 0.126 e. The number of allylic oxidation sites excluding steroid dienone is 3. The summed E-state index contributed by atoms with van der Waals surface area (Å²) in [4.78, 5) is 0. The van der Waals surface area contributed by atoms with Gasteiger partial charge < -0.3 is 15.3 Å². The molecule has 0 radical (unpaired) electrons. The van der Waals surface area contributed by atoms with Crippen LogP contribution in [0.2, 0.25) is 0 Å². The first-order valence-corrected chi connectivity index (χ1v) is 4.96. The van der Waals surface area contributed by atoms with Crippen LogP contribution in [0, 0.1) is 0 Å². The molecule has 0 saturated heterocycles. The van der Waals surface area contributed by atoms with Gasteiger partial charge in [-0.2, -0.15) is 0 Å². The Hall–Kier alpha value is -2.16. The summed E-state index contributed by atoms with van der Waals surface area (Å²) in [6.07, 6.45) is 5.01. The van der Waals surface area contributed by atoms with Crippen molar-refractivity contribution >= 4 is 0 Å². The lowest BCUT2D eigenvalue weighted by Gasteiger charge is -2.03. The normalized spacial score (nSPS) is 14.6. The van der Waals surface area contributed by atoms with Crippen molar-refractivity contribution in [1.29, 1.82) is 0 Å². The SMILES string of the molecule is OC1=CC=C(O)C1=CCc1ccccc1O. The summed E-state index contributed by atoms with van der Waals surface area (Å²) in [6, 6.07) is 6.97. The topological polar surface area (TPSA) is 60.7 Å². The standard InChI is InChI=1S/C13H12O3/c14-11-4-2-1-3-9(11)5-6-10-12(15)7-8-13(10)16/h1-4,6-8,14-16H,5H2. The van der Waals surface area contributed by atoms with Crippen LogP contribution >= 0.6 is 0 Å². The van der Waals surface area contributed by atoms with Crippen molar-refractivity contribution in [2.24, 2.45) is 0 Å². The molecule has 0 heterocycles. The molecule has 0 atom stereocenters. The second-order valence-corrected chi connectivity index (χ2v) is 3.55. The number of benzene rings is 1. The average Bonchev–Trinajstić information content (AvgIpc) is 2.58. The van der Waals surface area contributed by atoms with E-state index < -0.39 is 0 Å². The van der Waals surface area contributed by atoms with Crippen LogP contribution in [0.5, 0.6) is 5.75 Å². The van der Waals surface area contributed by atoms with Crippen LogP contribution in [-0.4, -0.2) is 15.3 Å². The average molecular weight is 216 g/mol. The second kappa shape index (κ2) is 4.14. The number of aliphatic hydroxyl groups excluding tert-OH is 2. The summed E-state index contributed by atoms with van der Waals surface area (Å²) >= 11 is 0. The Morgan fingerprint density at radius 3 is 2.19 bits per heavy atom. The lowest BCUT2D eigenvalue weighted by Crippen LogP contribution is -1.90. The molecule has 0 bridgehead atoms. The van der Waals surface area contributed by atoms with E-state index in [4.69, 9.17) is 0 Å². The van der Waals surface area contributed by atoms with E-state index in [1.807, 2.05) is 6.07 Å². The van der Waals surface area contributed by atoms with Crippen molar-refractivity contribution in [3.8, 4) is 5.75 Å². The smallest absolute Gasteiger partial charge is 0.126 e. The van der Waals surface area contributed by atoms with Gasteiger partial charge in [-0.05, 0) is 30.2 Å². The summed E-state index contributed by atoms with van der Waals surface area (Å²) in [5.41, 5.74) is 1.16. The Kier molecular flexibility index (Phi) is 2.68. The van der Waals surface area contributed by atoms with E-state index in [-0.39, 0.29) is 17.3 Å². The second-order valence-electron chi connectivity index (χ2n) is 3.55. The van der Waals surface area contributed by atoms with E-state index in [9.17, 15) is 15.3 Å². The molecule has 2 rings (SSSR count). The van der Waals surface area contributed by atoms with Crippen LogP contribution in [0.3, 0.4) is 0 Å². The van der Waals surface area contributed by atoms with Crippen LogP contribution in [0.25, 0.3) is 0 Å². The molecule has 0 amide bonds. The zero-order chi connectivity index (χ0) is 11.5. The van der Waals surface area contributed by atoms with Gasteiger partial charge in [-0.1, -0.05) is 24.3 Å². The zero-order valence-corrected chi connectivity index (χ0v) is 8.59. The van der Waals surface area contributed by atoms with Crippen molar-refractivity contribution in [1.82, 2.24) is 0 Å². The third kappa shape index (κ3) is 1.93. The van der Waals surface area contributed by atoms with Gasteiger partial charge in [0.2, 0.25) is 0 Å². The quantitative estimate of drug-likeness (QED) is 0.712. The Morgan fingerprint density at radius 2 is 1.56 bits per heavy atom. The van der Waals surface area contributed by atoms with Crippen LogP contribution < -0.4 is 0 Å². The third-order valence-electron chi connectivity index (χ3n) is 2.47. The van der Waals surface area contributed by atoms with E-state index in [1.54, 1.807) is 24.3 Å². The fourth-order valence-corrected chi connectivity index (χ4v) is 1.57. The van der Waals surface area contributed by atoms with Crippen molar-refractivity contribution in [2.75, 3.05) is 0 Å². The molecule has 0 unspecified atom stereocenters. The van der Waals surface area contributed by atoms with E-state index in [0.29, 0.717) is 12.0 Å². The summed E-state index contributed by atoms with van der Waals surface area (Å²) in [5.74, 6) is 0.310. The summed E-state index contributed by atoms with van der Waals surface area (Å²) in [5, 5.41) is 28.4. The molecule has 1 aliphatic carbocycles. The molecule has 0 spiro atoms. The van der Waals surface area contributed by atoms with Crippen LogP contribution in [-0.2, 0) is 6.42 Å². The first-order chi connectivity index (χ1) is 7.68. The number of aromatic hydroxyl groups is 1. The van der Waals surface area contributed by atoms with E-state index in [2.05, 4.69) is 0 Å². The molecule has 1 aliphatic rings. The van der Waals surface area contributed by atoms with Gasteiger partial charge in [-0.15, -0.1) is 0 Å². The molecular formula is C13H12O3. The molecule has 82 valence electrons. The van der Waals surface area contributed by atoms with Gasteiger partial charge in [0.05, 0.1) is 5.57 Å². The molecule has 16 heavy (non-hydrogen) atoms. The maximum atomic E-state index is 9.53. The van der Waals surface area contributed by atoms with Crippen molar-refractivity contribution in [3.05, 3.63) is 65.1 Å². The molecular weight excluding hydrogens is 204 g/mol. The molecule has 3 heteroatoms. The Labute approximate surface area is 93.3 Å². The third-order valence-corrected chi connectivity index (χ3v) is 2.47. The predicted octanol–water partition coefficient (Wildman–Crippen LogP) is 2.76. The number of hydrogen-bond donors (Lipinski definition) is 3. The molecule has 0 aromatic heterocycles. The molecule has 1 aromatic rings. The molecule has 3 nitrogen and oxygen atoms in total. The minimum Gasteiger partial charge on any atom is -0.508 e. The lowest BCUT2D eigenvalue weighted by atomic mass is 10.1.